The molecule has 33 heavy (non-hydrogen) atoms. The lowest BCUT2D eigenvalue weighted by atomic mass is 10.1. The smallest absolute Gasteiger partial charge is 0.269 e. The average Bonchev–Trinajstić information content (AvgIpc) is 2.94. The van der Waals surface area contributed by atoms with E-state index in [0.29, 0.717) is 10.7 Å². The van der Waals surface area contributed by atoms with Crippen LogP contribution >= 0.6 is 0 Å². The van der Waals surface area contributed by atoms with Gasteiger partial charge in [0.1, 0.15) is 17.5 Å². The molecule has 0 radical (unpaired) electrons. The van der Waals surface area contributed by atoms with E-state index >= 15 is 0 Å². The minimum atomic E-state index is -4.14. The molecule has 0 saturated carbocycles. The highest BCUT2D eigenvalue weighted by Crippen LogP contribution is 2.30. The zero-order valence-electron chi connectivity index (χ0n) is 19.2. The minimum absolute atomic E-state index is 0.0393. The molecule has 0 bridgehead atoms. The van der Waals surface area contributed by atoms with Crippen molar-refractivity contribution in [1.82, 2.24) is 14.5 Å². The molecule has 9 heteroatoms. The summed E-state index contributed by atoms with van der Waals surface area (Å²) < 4.78 is 26.4. The molecule has 1 aliphatic heterocycles. The van der Waals surface area contributed by atoms with E-state index in [2.05, 4.69) is 5.32 Å². The molecule has 0 aliphatic carbocycles. The number of rotatable bonds is 7. The number of carbonyl (C=O) groups excluding carboxylic acids is 3. The van der Waals surface area contributed by atoms with Crippen LogP contribution in [-0.2, 0) is 26.2 Å². The molecule has 0 aromatic heterocycles. The van der Waals surface area contributed by atoms with Crippen LogP contribution < -0.4 is 5.32 Å². The Bertz CT molecular complexity index is 1160. The Hall–Kier alpha value is -3.20. The standard InChI is InChI=1S/C24H29N3O5S/c1-5-19(22(29)25-24(2,3)4)26(15-17-11-7-6-8-12-17)21(28)16-27-23(30)18-13-9-10-14-20(18)33(27,31)32/h6-14,19H,5,15-16H2,1-4H3,(H,25,29). The summed E-state index contributed by atoms with van der Waals surface area (Å²) in [6.45, 7) is 6.73. The molecular formula is C24H29N3O5S. The van der Waals surface area contributed by atoms with E-state index in [9.17, 15) is 22.8 Å². The fourth-order valence-electron chi connectivity index (χ4n) is 3.75. The molecule has 1 heterocycles. The molecule has 0 fully saturated rings. The predicted molar refractivity (Wildman–Crippen MR) is 124 cm³/mol. The third-order valence-corrected chi connectivity index (χ3v) is 7.06. The third-order valence-electron chi connectivity index (χ3n) is 5.27. The Morgan fingerprint density at radius 1 is 1.03 bits per heavy atom. The Kier molecular flexibility index (Phi) is 6.92. The highest BCUT2D eigenvalue weighted by molar-refractivity contribution is 7.90. The van der Waals surface area contributed by atoms with E-state index < -0.39 is 40.0 Å². The van der Waals surface area contributed by atoms with Gasteiger partial charge in [-0.3, -0.25) is 14.4 Å². The summed E-state index contributed by atoms with van der Waals surface area (Å²) in [5, 5.41) is 2.89. The topological polar surface area (TPSA) is 104 Å². The lowest BCUT2D eigenvalue weighted by molar-refractivity contribution is -0.141. The van der Waals surface area contributed by atoms with Gasteiger partial charge in [-0.2, -0.15) is 0 Å². The number of amides is 3. The third kappa shape index (κ3) is 5.24. The minimum Gasteiger partial charge on any atom is -0.350 e. The Balaban J connectivity index is 1.92. The van der Waals surface area contributed by atoms with Crippen LogP contribution in [0.5, 0.6) is 0 Å². The quantitative estimate of drug-likeness (QED) is 0.668. The molecule has 2 aromatic rings. The molecule has 1 N–H and O–H groups in total. The second-order valence-corrected chi connectivity index (χ2v) is 10.8. The van der Waals surface area contributed by atoms with Gasteiger partial charge in [0.05, 0.1) is 5.56 Å². The first-order valence-electron chi connectivity index (χ1n) is 10.8. The van der Waals surface area contributed by atoms with Crippen LogP contribution in [0.25, 0.3) is 0 Å². The van der Waals surface area contributed by atoms with Crippen LogP contribution in [0.1, 0.15) is 50.0 Å². The fourth-order valence-corrected chi connectivity index (χ4v) is 5.27. The van der Waals surface area contributed by atoms with Crippen molar-refractivity contribution in [2.24, 2.45) is 0 Å². The average molecular weight is 472 g/mol. The molecule has 1 aliphatic rings. The molecule has 8 nitrogen and oxygen atoms in total. The van der Waals surface area contributed by atoms with Crippen molar-refractivity contribution in [1.29, 1.82) is 0 Å². The van der Waals surface area contributed by atoms with Crippen molar-refractivity contribution < 1.29 is 22.8 Å². The van der Waals surface area contributed by atoms with Crippen molar-refractivity contribution in [2.45, 2.75) is 57.1 Å². The van der Waals surface area contributed by atoms with Gasteiger partial charge in [0.2, 0.25) is 11.8 Å². The Morgan fingerprint density at radius 2 is 1.64 bits per heavy atom. The summed E-state index contributed by atoms with van der Waals surface area (Å²) in [7, 11) is -4.14. The first kappa shape index (κ1) is 24.4. The van der Waals surface area contributed by atoms with E-state index in [-0.39, 0.29) is 22.9 Å². The van der Waals surface area contributed by atoms with E-state index in [1.165, 1.54) is 23.1 Å². The molecule has 3 amide bonds. The molecular weight excluding hydrogens is 442 g/mol. The summed E-state index contributed by atoms with van der Waals surface area (Å²) in [6, 6.07) is 14.2. The molecule has 1 atom stereocenters. The van der Waals surface area contributed by atoms with Crippen molar-refractivity contribution in [3.05, 3.63) is 65.7 Å². The van der Waals surface area contributed by atoms with Crippen molar-refractivity contribution >= 4 is 27.7 Å². The fraction of sp³-hybridized carbons (Fsp3) is 0.375. The van der Waals surface area contributed by atoms with E-state index in [0.717, 1.165) is 5.56 Å². The van der Waals surface area contributed by atoms with Gasteiger partial charge in [-0.1, -0.05) is 49.4 Å². The zero-order valence-corrected chi connectivity index (χ0v) is 20.1. The van der Waals surface area contributed by atoms with Crippen LogP contribution in [-0.4, -0.2) is 53.5 Å². The number of nitrogens with zero attached hydrogens (tertiary/aromatic N) is 2. The summed E-state index contributed by atoms with van der Waals surface area (Å²) in [5.41, 5.74) is 0.311. The van der Waals surface area contributed by atoms with Crippen LogP contribution in [0.2, 0.25) is 0 Å². The summed E-state index contributed by atoms with van der Waals surface area (Å²) in [6.07, 6.45) is 0.321. The molecule has 1 unspecified atom stereocenters. The second kappa shape index (κ2) is 9.35. The zero-order chi connectivity index (χ0) is 24.4. The number of hydrogen-bond donors (Lipinski definition) is 1. The highest BCUT2D eigenvalue weighted by atomic mass is 32.2. The number of carbonyl (C=O) groups is 3. The number of sulfonamides is 1. The maximum Gasteiger partial charge on any atom is 0.269 e. The number of benzene rings is 2. The van der Waals surface area contributed by atoms with Crippen molar-refractivity contribution in [3.8, 4) is 0 Å². The van der Waals surface area contributed by atoms with Gasteiger partial charge in [0.25, 0.3) is 15.9 Å². The maximum atomic E-state index is 13.4. The molecule has 3 rings (SSSR count). The summed E-state index contributed by atoms with van der Waals surface area (Å²) in [4.78, 5) is 40.5. The van der Waals surface area contributed by atoms with Gasteiger partial charge >= 0.3 is 0 Å². The number of fused-ring (bicyclic) bond motifs is 1. The first-order chi connectivity index (χ1) is 15.5. The Morgan fingerprint density at radius 3 is 2.21 bits per heavy atom. The van der Waals surface area contributed by atoms with Crippen LogP contribution in [0.3, 0.4) is 0 Å². The van der Waals surface area contributed by atoms with Gasteiger partial charge in [-0.05, 0) is 44.9 Å². The maximum absolute atomic E-state index is 13.4. The van der Waals surface area contributed by atoms with Crippen LogP contribution in [0.15, 0.2) is 59.5 Å². The van der Waals surface area contributed by atoms with Gasteiger partial charge in [-0.15, -0.1) is 0 Å². The van der Waals surface area contributed by atoms with E-state index in [1.54, 1.807) is 13.0 Å². The predicted octanol–water partition coefficient (Wildman–Crippen LogP) is 2.55. The van der Waals surface area contributed by atoms with Gasteiger partial charge < -0.3 is 10.2 Å². The first-order valence-corrected chi connectivity index (χ1v) is 12.2. The van der Waals surface area contributed by atoms with Crippen LogP contribution in [0.4, 0.5) is 0 Å². The normalized spacial score (nSPS) is 15.6. The molecule has 0 saturated heterocycles. The lowest BCUT2D eigenvalue weighted by Crippen LogP contribution is -2.55. The van der Waals surface area contributed by atoms with Crippen LogP contribution in [0, 0.1) is 0 Å². The molecule has 2 aromatic carbocycles. The number of nitrogens with one attached hydrogen (secondary N) is 1. The monoisotopic (exact) mass is 471 g/mol. The number of hydrogen-bond acceptors (Lipinski definition) is 5. The largest absolute Gasteiger partial charge is 0.350 e. The summed E-state index contributed by atoms with van der Waals surface area (Å²) in [5.74, 6) is -1.71. The lowest BCUT2D eigenvalue weighted by Gasteiger charge is -2.33. The van der Waals surface area contributed by atoms with Gasteiger partial charge in [0.15, 0.2) is 0 Å². The SMILES string of the molecule is CCC(C(=O)NC(C)(C)C)N(Cc1ccccc1)C(=O)CN1C(=O)c2ccccc2S1(=O)=O. The Labute approximate surface area is 194 Å². The van der Waals surface area contributed by atoms with Gasteiger partial charge in [0, 0.05) is 12.1 Å². The second-order valence-electron chi connectivity index (χ2n) is 8.98. The highest BCUT2D eigenvalue weighted by Gasteiger charge is 2.43. The molecule has 0 spiro atoms. The van der Waals surface area contributed by atoms with E-state index in [1.807, 2.05) is 51.1 Å². The molecule has 176 valence electrons. The van der Waals surface area contributed by atoms with E-state index in [4.69, 9.17) is 0 Å². The van der Waals surface area contributed by atoms with Crippen molar-refractivity contribution in [3.63, 3.8) is 0 Å². The summed E-state index contributed by atoms with van der Waals surface area (Å²) >= 11 is 0. The van der Waals surface area contributed by atoms with Crippen molar-refractivity contribution in [2.75, 3.05) is 6.54 Å². The van der Waals surface area contributed by atoms with Gasteiger partial charge in [-0.25, -0.2) is 12.7 Å².